The van der Waals surface area contributed by atoms with E-state index in [2.05, 4.69) is 25.7 Å². The average molecular weight is 531 g/mol. The Hall–Kier alpha value is -4.22. The molecule has 0 saturated heterocycles. The minimum atomic E-state index is -0.202. The van der Waals surface area contributed by atoms with Crippen molar-refractivity contribution in [1.29, 1.82) is 0 Å². The second-order valence-electron chi connectivity index (χ2n) is 9.31. The SMILES string of the molecule is COCc1cc(C2=NN=C3c4ccccc4C(OCc4ccc(C(=O)NC(C)COC)cn4)=NCCC23)no1. The van der Waals surface area contributed by atoms with Gasteiger partial charge in [-0.3, -0.25) is 14.8 Å². The van der Waals surface area contributed by atoms with Crippen molar-refractivity contribution < 1.29 is 23.5 Å². The van der Waals surface area contributed by atoms with Crippen LogP contribution in [0.1, 0.15) is 52.0 Å². The van der Waals surface area contributed by atoms with Crippen LogP contribution in [0.2, 0.25) is 0 Å². The Labute approximate surface area is 226 Å². The predicted molar refractivity (Wildman–Crippen MR) is 144 cm³/mol. The molecule has 0 aliphatic carbocycles. The Balaban J connectivity index is 1.29. The number of ether oxygens (including phenoxy) is 3. The number of methoxy groups -OCH3 is 2. The molecule has 1 amide bonds. The van der Waals surface area contributed by atoms with E-state index in [9.17, 15) is 4.79 Å². The van der Waals surface area contributed by atoms with E-state index in [4.69, 9.17) is 23.7 Å². The van der Waals surface area contributed by atoms with Gasteiger partial charge in [-0.15, -0.1) is 0 Å². The molecular formula is C28H30N6O5. The quantitative estimate of drug-likeness (QED) is 0.449. The number of fused-ring (bicyclic) bond motifs is 3. The van der Waals surface area contributed by atoms with E-state index >= 15 is 0 Å². The molecule has 0 fully saturated rings. The molecule has 2 unspecified atom stereocenters. The molecule has 0 radical (unpaired) electrons. The van der Waals surface area contributed by atoms with Crippen molar-refractivity contribution >= 4 is 23.2 Å². The third kappa shape index (κ3) is 5.94. The molecule has 1 aromatic carbocycles. The molecule has 202 valence electrons. The van der Waals surface area contributed by atoms with Gasteiger partial charge in [-0.25, -0.2) is 0 Å². The number of aliphatic imine (C=N–C) groups is 1. The van der Waals surface area contributed by atoms with Crippen LogP contribution in [-0.2, 0) is 27.4 Å². The lowest BCUT2D eigenvalue weighted by Gasteiger charge is -2.20. The number of rotatable bonds is 9. The van der Waals surface area contributed by atoms with Crippen LogP contribution in [0.5, 0.6) is 0 Å². The molecule has 2 aliphatic rings. The fourth-order valence-electron chi connectivity index (χ4n) is 4.55. The van der Waals surface area contributed by atoms with E-state index in [0.717, 1.165) is 22.6 Å². The van der Waals surface area contributed by atoms with Crippen molar-refractivity contribution in [2.24, 2.45) is 21.1 Å². The van der Waals surface area contributed by atoms with Gasteiger partial charge in [0.1, 0.15) is 24.6 Å². The maximum Gasteiger partial charge on any atom is 0.253 e. The molecular weight excluding hydrogens is 500 g/mol. The summed E-state index contributed by atoms with van der Waals surface area (Å²) in [5.41, 5.74) is 5.16. The lowest BCUT2D eigenvalue weighted by molar-refractivity contribution is 0.0905. The fourth-order valence-corrected chi connectivity index (χ4v) is 4.55. The van der Waals surface area contributed by atoms with Gasteiger partial charge in [-0.2, -0.15) is 10.2 Å². The van der Waals surface area contributed by atoms with Crippen LogP contribution in [0.15, 0.2) is 68.4 Å². The summed E-state index contributed by atoms with van der Waals surface area (Å²) in [5.74, 6) is 0.878. The fraction of sp³-hybridized carbons (Fsp3) is 0.357. The monoisotopic (exact) mass is 530 g/mol. The van der Waals surface area contributed by atoms with Crippen molar-refractivity contribution in [1.82, 2.24) is 15.5 Å². The van der Waals surface area contributed by atoms with Crippen LogP contribution in [-0.4, -0.2) is 66.8 Å². The first-order valence-corrected chi connectivity index (χ1v) is 12.7. The number of aromatic nitrogens is 2. The van der Waals surface area contributed by atoms with Crippen LogP contribution in [0.4, 0.5) is 0 Å². The number of hydrogen-bond acceptors (Lipinski definition) is 10. The number of amides is 1. The zero-order chi connectivity index (χ0) is 27.2. The number of nitrogens with one attached hydrogen (secondary N) is 1. The van der Waals surface area contributed by atoms with E-state index in [0.29, 0.717) is 54.8 Å². The molecule has 2 atom stereocenters. The van der Waals surface area contributed by atoms with Gasteiger partial charge in [0, 0.05) is 50.2 Å². The average Bonchev–Trinajstić information content (AvgIpc) is 3.57. The van der Waals surface area contributed by atoms with Crippen LogP contribution in [0, 0.1) is 5.92 Å². The highest BCUT2D eigenvalue weighted by molar-refractivity contribution is 6.24. The molecule has 1 N–H and O–H groups in total. The molecule has 3 aromatic rings. The molecule has 2 aromatic heterocycles. The Morgan fingerprint density at radius 2 is 1.90 bits per heavy atom. The number of carbonyl (C=O) groups excluding carboxylic acids is 1. The standard InChI is InChI=1S/C28H30N6O5/c1-17(14-36-2)31-27(35)18-8-9-19(30-13-18)15-38-28-22-7-5-4-6-21(22)25-23(10-11-29-28)26(33-32-25)24-12-20(16-37-3)39-34-24/h4-9,12-13,17,23H,10-11,14-16H2,1-3H3,(H,31,35). The normalized spacial score (nSPS) is 17.1. The van der Waals surface area contributed by atoms with Crippen LogP contribution in [0.3, 0.4) is 0 Å². The van der Waals surface area contributed by atoms with E-state index in [1.165, 1.54) is 0 Å². The van der Waals surface area contributed by atoms with E-state index in [1.54, 1.807) is 32.5 Å². The second kappa shape index (κ2) is 12.1. The first kappa shape index (κ1) is 26.4. The van der Waals surface area contributed by atoms with Crippen molar-refractivity contribution in [2.45, 2.75) is 32.6 Å². The first-order valence-electron chi connectivity index (χ1n) is 12.7. The lowest BCUT2D eigenvalue weighted by Crippen LogP contribution is -2.35. The smallest absolute Gasteiger partial charge is 0.253 e. The van der Waals surface area contributed by atoms with E-state index in [1.807, 2.05) is 37.3 Å². The second-order valence-corrected chi connectivity index (χ2v) is 9.31. The molecule has 39 heavy (non-hydrogen) atoms. The summed E-state index contributed by atoms with van der Waals surface area (Å²) in [7, 11) is 3.20. The molecule has 0 saturated carbocycles. The topological polar surface area (TPSA) is 133 Å². The van der Waals surface area contributed by atoms with Crippen molar-refractivity contribution in [3.8, 4) is 0 Å². The summed E-state index contributed by atoms with van der Waals surface area (Å²) in [6, 6.07) is 13.1. The minimum absolute atomic E-state index is 0.0658. The molecule has 4 heterocycles. The number of pyridine rings is 1. The van der Waals surface area contributed by atoms with Gasteiger partial charge in [0.05, 0.1) is 29.5 Å². The molecule has 0 spiro atoms. The van der Waals surface area contributed by atoms with Crippen molar-refractivity contribution in [2.75, 3.05) is 27.4 Å². The maximum absolute atomic E-state index is 12.4. The third-order valence-corrected chi connectivity index (χ3v) is 6.38. The highest BCUT2D eigenvalue weighted by atomic mass is 16.5. The molecule has 0 bridgehead atoms. The Morgan fingerprint density at radius 1 is 1.08 bits per heavy atom. The lowest BCUT2D eigenvalue weighted by atomic mass is 9.86. The summed E-state index contributed by atoms with van der Waals surface area (Å²) in [5, 5.41) is 16.1. The Kier molecular flexibility index (Phi) is 8.18. The van der Waals surface area contributed by atoms with Crippen molar-refractivity contribution in [3.63, 3.8) is 0 Å². The Bertz CT molecular complexity index is 1410. The highest BCUT2D eigenvalue weighted by Crippen LogP contribution is 2.29. The van der Waals surface area contributed by atoms with E-state index in [-0.39, 0.29) is 24.5 Å². The number of hydrogen-bond donors (Lipinski definition) is 1. The molecule has 11 heteroatoms. The maximum atomic E-state index is 12.4. The summed E-state index contributed by atoms with van der Waals surface area (Å²) in [6.45, 7) is 3.37. The van der Waals surface area contributed by atoms with Crippen molar-refractivity contribution in [3.05, 3.63) is 82.5 Å². The minimum Gasteiger partial charge on any atom is -0.471 e. The number of nitrogens with zero attached hydrogens (tertiary/aromatic N) is 5. The van der Waals surface area contributed by atoms with Gasteiger partial charge in [-0.1, -0.05) is 23.4 Å². The van der Waals surface area contributed by atoms with Gasteiger partial charge in [0.2, 0.25) is 5.90 Å². The van der Waals surface area contributed by atoms with E-state index < -0.39 is 0 Å². The van der Waals surface area contributed by atoms with Crippen LogP contribution >= 0.6 is 0 Å². The first-order chi connectivity index (χ1) is 19.1. The van der Waals surface area contributed by atoms with Gasteiger partial charge < -0.3 is 24.1 Å². The number of benzene rings is 1. The van der Waals surface area contributed by atoms with Gasteiger partial charge >= 0.3 is 0 Å². The molecule has 2 aliphatic heterocycles. The summed E-state index contributed by atoms with van der Waals surface area (Å²) in [4.78, 5) is 21.6. The largest absolute Gasteiger partial charge is 0.471 e. The zero-order valence-electron chi connectivity index (χ0n) is 22.1. The van der Waals surface area contributed by atoms with Gasteiger partial charge in [0.25, 0.3) is 5.91 Å². The highest BCUT2D eigenvalue weighted by Gasteiger charge is 2.34. The summed E-state index contributed by atoms with van der Waals surface area (Å²) in [6.07, 6.45) is 2.23. The van der Waals surface area contributed by atoms with Crippen LogP contribution in [0.25, 0.3) is 0 Å². The number of carbonyl (C=O) groups is 1. The third-order valence-electron chi connectivity index (χ3n) is 6.38. The van der Waals surface area contributed by atoms with Gasteiger partial charge in [0.15, 0.2) is 5.76 Å². The molecule has 5 rings (SSSR count). The summed E-state index contributed by atoms with van der Waals surface area (Å²) < 4.78 is 21.7. The molecule has 11 nitrogen and oxygen atoms in total. The van der Waals surface area contributed by atoms with Gasteiger partial charge in [-0.05, 0) is 31.5 Å². The summed E-state index contributed by atoms with van der Waals surface area (Å²) >= 11 is 0. The zero-order valence-corrected chi connectivity index (χ0v) is 22.1. The van der Waals surface area contributed by atoms with Crippen LogP contribution < -0.4 is 5.32 Å². The Morgan fingerprint density at radius 3 is 2.67 bits per heavy atom. The predicted octanol–water partition coefficient (Wildman–Crippen LogP) is 3.17.